The zero-order valence-electron chi connectivity index (χ0n) is 9.41. The van der Waals surface area contributed by atoms with E-state index in [0.717, 1.165) is 24.2 Å². The Morgan fingerprint density at radius 2 is 2.25 bits per heavy atom. The van der Waals surface area contributed by atoms with Crippen LogP contribution in [-0.4, -0.2) is 9.97 Å². The van der Waals surface area contributed by atoms with Crippen LogP contribution in [0.1, 0.15) is 24.6 Å². The molecule has 0 atom stereocenters. The van der Waals surface area contributed by atoms with Crippen molar-refractivity contribution in [3.8, 4) is 11.4 Å². The summed E-state index contributed by atoms with van der Waals surface area (Å²) in [6.07, 6.45) is 2.12. The van der Waals surface area contributed by atoms with E-state index in [2.05, 4.69) is 34.6 Å². The molecule has 0 amide bonds. The molecule has 0 saturated heterocycles. The summed E-state index contributed by atoms with van der Waals surface area (Å²) in [5.41, 5.74) is 3.58. The van der Waals surface area contributed by atoms with Gasteiger partial charge in [-0.2, -0.15) is 11.3 Å². The normalized spacial score (nSPS) is 10.6. The second-order valence-electron chi connectivity index (χ2n) is 3.81. The highest BCUT2D eigenvalue weighted by atomic mass is 32.1. The van der Waals surface area contributed by atoms with E-state index in [0.29, 0.717) is 4.64 Å². The second-order valence-corrected chi connectivity index (χ2v) is 4.97. The Kier molecular flexibility index (Phi) is 3.51. The van der Waals surface area contributed by atoms with Crippen molar-refractivity contribution >= 4 is 23.6 Å². The van der Waals surface area contributed by atoms with Gasteiger partial charge < -0.3 is 4.98 Å². The summed E-state index contributed by atoms with van der Waals surface area (Å²) in [6.45, 7) is 4.25. The van der Waals surface area contributed by atoms with Gasteiger partial charge in [0.05, 0.1) is 0 Å². The number of H-pyrrole nitrogens is 1. The SMILES string of the molecule is CCCc1cc(=S)nc(-c2cscc2C)[nH]1. The largest absolute Gasteiger partial charge is 0.343 e. The number of aromatic amines is 1. The Labute approximate surface area is 104 Å². The van der Waals surface area contributed by atoms with Crippen LogP contribution < -0.4 is 0 Å². The molecule has 0 unspecified atom stereocenters. The van der Waals surface area contributed by atoms with E-state index in [4.69, 9.17) is 12.2 Å². The third-order valence-electron chi connectivity index (χ3n) is 2.43. The third-order valence-corrected chi connectivity index (χ3v) is 3.50. The maximum Gasteiger partial charge on any atom is 0.140 e. The van der Waals surface area contributed by atoms with Gasteiger partial charge >= 0.3 is 0 Å². The number of nitrogens with zero attached hydrogens (tertiary/aromatic N) is 1. The van der Waals surface area contributed by atoms with Gasteiger partial charge in [0.15, 0.2) is 0 Å². The maximum atomic E-state index is 5.19. The molecule has 2 heterocycles. The van der Waals surface area contributed by atoms with Crippen LogP contribution in [0.4, 0.5) is 0 Å². The van der Waals surface area contributed by atoms with Gasteiger partial charge in [-0.15, -0.1) is 0 Å². The molecule has 0 aliphatic carbocycles. The minimum atomic E-state index is 0.669. The first-order chi connectivity index (χ1) is 7.70. The van der Waals surface area contributed by atoms with E-state index in [1.54, 1.807) is 11.3 Å². The number of hydrogen-bond acceptors (Lipinski definition) is 3. The number of aromatic nitrogens is 2. The first kappa shape index (κ1) is 11.5. The highest BCUT2D eigenvalue weighted by Gasteiger charge is 2.06. The molecule has 0 aromatic carbocycles. The van der Waals surface area contributed by atoms with Crippen molar-refractivity contribution in [3.05, 3.63) is 32.7 Å². The van der Waals surface area contributed by atoms with Crippen LogP contribution in [-0.2, 0) is 6.42 Å². The van der Waals surface area contributed by atoms with Crippen LogP contribution in [0.2, 0.25) is 0 Å². The highest BCUT2D eigenvalue weighted by molar-refractivity contribution is 7.71. The van der Waals surface area contributed by atoms with Crippen molar-refractivity contribution in [2.24, 2.45) is 0 Å². The molecular formula is C12H14N2S2. The highest BCUT2D eigenvalue weighted by Crippen LogP contribution is 2.23. The smallest absolute Gasteiger partial charge is 0.140 e. The van der Waals surface area contributed by atoms with E-state index in [1.165, 1.54) is 11.3 Å². The fourth-order valence-electron chi connectivity index (χ4n) is 1.64. The Morgan fingerprint density at radius 1 is 1.44 bits per heavy atom. The molecule has 2 aromatic rings. The Balaban J connectivity index is 2.49. The molecule has 0 fully saturated rings. The average molecular weight is 250 g/mol. The molecule has 2 nitrogen and oxygen atoms in total. The second kappa shape index (κ2) is 4.89. The lowest BCUT2D eigenvalue weighted by Gasteiger charge is -2.04. The zero-order chi connectivity index (χ0) is 11.5. The van der Waals surface area contributed by atoms with Crippen LogP contribution in [0.15, 0.2) is 16.8 Å². The minimum Gasteiger partial charge on any atom is -0.343 e. The lowest BCUT2D eigenvalue weighted by Crippen LogP contribution is -1.96. The number of aryl methyl sites for hydroxylation is 2. The van der Waals surface area contributed by atoms with Gasteiger partial charge in [0.25, 0.3) is 0 Å². The molecule has 0 aliphatic rings. The van der Waals surface area contributed by atoms with Gasteiger partial charge in [-0.25, -0.2) is 4.98 Å². The van der Waals surface area contributed by atoms with Crippen LogP contribution in [0.25, 0.3) is 11.4 Å². The summed E-state index contributed by atoms with van der Waals surface area (Å²) in [5, 5.41) is 4.24. The van der Waals surface area contributed by atoms with Crippen molar-refractivity contribution in [1.29, 1.82) is 0 Å². The van der Waals surface area contributed by atoms with Crippen LogP contribution >= 0.6 is 23.6 Å². The lowest BCUT2D eigenvalue weighted by molar-refractivity contribution is 0.873. The van der Waals surface area contributed by atoms with E-state index in [-0.39, 0.29) is 0 Å². The number of thiophene rings is 1. The van der Waals surface area contributed by atoms with Gasteiger partial charge in [0.1, 0.15) is 10.5 Å². The van der Waals surface area contributed by atoms with Gasteiger partial charge in [0.2, 0.25) is 0 Å². The molecule has 0 aliphatic heterocycles. The van der Waals surface area contributed by atoms with Crippen molar-refractivity contribution in [2.75, 3.05) is 0 Å². The Hall–Kier alpha value is -1.00. The Morgan fingerprint density at radius 3 is 2.88 bits per heavy atom. The van der Waals surface area contributed by atoms with Crippen LogP contribution in [0.5, 0.6) is 0 Å². The van der Waals surface area contributed by atoms with Crippen molar-refractivity contribution in [1.82, 2.24) is 9.97 Å². The summed E-state index contributed by atoms with van der Waals surface area (Å²) >= 11 is 6.88. The lowest BCUT2D eigenvalue weighted by atomic mass is 10.2. The van der Waals surface area contributed by atoms with Crippen molar-refractivity contribution in [3.63, 3.8) is 0 Å². The summed E-state index contributed by atoms with van der Waals surface area (Å²) in [5.74, 6) is 0.898. The third kappa shape index (κ3) is 2.39. The molecular weight excluding hydrogens is 236 g/mol. The summed E-state index contributed by atoms with van der Waals surface area (Å²) in [6, 6.07) is 1.95. The average Bonchev–Trinajstić information content (AvgIpc) is 2.64. The topological polar surface area (TPSA) is 28.7 Å². The van der Waals surface area contributed by atoms with E-state index in [9.17, 15) is 0 Å². The summed E-state index contributed by atoms with van der Waals surface area (Å²) in [7, 11) is 0. The predicted octanol–water partition coefficient (Wildman–Crippen LogP) is 4.13. The first-order valence-corrected chi connectivity index (χ1v) is 6.69. The standard InChI is InChI=1S/C12H14N2S2/c1-3-4-9-5-11(15)14-12(13-9)10-7-16-6-8(10)2/h5-7H,3-4H2,1-2H3,(H,13,14,15). The summed E-state index contributed by atoms with van der Waals surface area (Å²) < 4.78 is 0.669. The number of nitrogens with one attached hydrogen (secondary N) is 1. The molecule has 0 saturated carbocycles. The molecule has 0 spiro atoms. The zero-order valence-corrected chi connectivity index (χ0v) is 11.0. The monoisotopic (exact) mass is 250 g/mol. The van der Waals surface area contributed by atoms with Crippen molar-refractivity contribution in [2.45, 2.75) is 26.7 Å². The molecule has 84 valence electrons. The van der Waals surface area contributed by atoms with E-state index >= 15 is 0 Å². The molecule has 16 heavy (non-hydrogen) atoms. The van der Waals surface area contributed by atoms with E-state index in [1.807, 2.05) is 6.07 Å². The van der Waals surface area contributed by atoms with Gasteiger partial charge in [-0.3, -0.25) is 0 Å². The predicted molar refractivity (Wildman–Crippen MR) is 71.5 cm³/mol. The fraction of sp³-hybridized carbons (Fsp3) is 0.333. The van der Waals surface area contributed by atoms with Gasteiger partial charge in [0, 0.05) is 16.6 Å². The van der Waals surface area contributed by atoms with Gasteiger partial charge in [-0.05, 0) is 30.4 Å². The molecule has 4 heteroatoms. The minimum absolute atomic E-state index is 0.669. The van der Waals surface area contributed by atoms with Crippen LogP contribution in [0, 0.1) is 11.6 Å². The quantitative estimate of drug-likeness (QED) is 0.830. The van der Waals surface area contributed by atoms with Gasteiger partial charge in [-0.1, -0.05) is 25.6 Å². The van der Waals surface area contributed by atoms with E-state index < -0.39 is 0 Å². The molecule has 2 rings (SSSR count). The number of rotatable bonds is 3. The van der Waals surface area contributed by atoms with Crippen LogP contribution in [0.3, 0.4) is 0 Å². The number of hydrogen-bond donors (Lipinski definition) is 1. The molecule has 1 N–H and O–H groups in total. The molecule has 2 aromatic heterocycles. The fourth-order valence-corrected chi connectivity index (χ4v) is 2.71. The Bertz CT molecular complexity index is 540. The molecule has 0 bridgehead atoms. The summed E-state index contributed by atoms with van der Waals surface area (Å²) in [4.78, 5) is 7.74. The van der Waals surface area contributed by atoms with Crippen molar-refractivity contribution < 1.29 is 0 Å². The first-order valence-electron chi connectivity index (χ1n) is 5.34. The maximum absolute atomic E-state index is 5.19. The molecule has 0 radical (unpaired) electrons.